The van der Waals surface area contributed by atoms with Crippen molar-refractivity contribution in [3.8, 4) is 0 Å². The lowest BCUT2D eigenvalue weighted by molar-refractivity contribution is -0.174. The number of alkyl halides is 3. The van der Waals surface area contributed by atoms with Crippen LogP contribution < -0.4 is 0 Å². The number of furan rings is 2. The third-order valence-corrected chi connectivity index (χ3v) is 5.70. The molecule has 0 aromatic carbocycles. The highest BCUT2D eigenvalue weighted by Gasteiger charge is 2.36. The molecule has 2 aliphatic rings. The number of hydrazone groups is 1. The smallest absolute Gasteiger partial charge is 0.411 e. The highest BCUT2D eigenvalue weighted by Crippen LogP contribution is 2.33. The number of halogens is 3. The third-order valence-electron chi connectivity index (χ3n) is 5.70. The number of piperazine rings is 1. The zero-order valence-corrected chi connectivity index (χ0v) is 18.2. The third kappa shape index (κ3) is 6.46. The van der Waals surface area contributed by atoms with Gasteiger partial charge in [0.15, 0.2) is 0 Å². The van der Waals surface area contributed by atoms with Crippen LogP contribution in [-0.2, 0) is 9.53 Å². The van der Waals surface area contributed by atoms with Crippen LogP contribution in [-0.4, -0.2) is 85.1 Å². The SMILES string of the molecule is O=C(CN1CCN(CCCOCC(F)(F)F)CC1)N1N=C(c2ccco2)CC1c1ccco1. The zero-order valence-electron chi connectivity index (χ0n) is 18.2. The van der Waals surface area contributed by atoms with Gasteiger partial charge in [0.25, 0.3) is 5.91 Å². The van der Waals surface area contributed by atoms with Gasteiger partial charge in [-0.25, -0.2) is 5.01 Å². The first-order valence-corrected chi connectivity index (χ1v) is 10.9. The molecular weight excluding hydrogens is 441 g/mol. The van der Waals surface area contributed by atoms with E-state index in [1.807, 2.05) is 12.1 Å². The number of amides is 1. The predicted molar refractivity (Wildman–Crippen MR) is 113 cm³/mol. The van der Waals surface area contributed by atoms with Crippen molar-refractivity contribution in [3.05, 3.63) is 48.3 Å². The van der Waals surface area contributed by atoms with Gasteiger partial charge in [0.2, 0.25) is 0 Å². The first-order valence-electron chi connectivity index (χ1n) is 10.9. The fraction of sp³-hybridized carbons (Fsp3) is 0.545. The standard InChI is InChI=1S/C22H27F3N4O4/c23-22(24,25)16-31-11-3-6-27-7-9-28(10-8-27)15-21(30)29-18(20-5-2-13-33-20)14-17(26-29)19-4-1-12-32-19/h1-2,4-5,12-13,18H,3,6-11,14-16H2. The lowest BCUT2D eigenvalue weighted by Gasteiger charge is -2.35. The summed E-state index contributed by atoms with van der Waals surface area (Å²) in [5.41, 5.74) is 0.701. The molecule has 8 nitrogen and oxygen atoms in total. The van der Waals surface area contributed by atoms with Crippen molar-refractivity contribution in [1.29, 1.82) is 0 Å². The van der Waals surface area contributed by atoms with Gasteiger partial charge in [0.05, 0.1) is 19.1 Å². The lowest BCUT2D eigenvalue weighted by atomic mass is 10.1. The number of hydrogen-bond acceptors (Lipinski definition) is 7. The maximum Gasteiger partial charge on any atom is 0.411 e. The molecule has 0 aliphatic carbocycles. The molecule has 1 amide bonds. The molecule has 180 valence electrons. The molecule has 1 unspecified atom stereocenters. The summed E-state index contributed by atoms with van der Waals surface area (Å²) in [6, 6.07) is 6.91. The summed E-state index contributed by atoms with van der Waals surface area (Å²) in [7, 11) is 0. The Labute approximate surface area is 189 Å². The summed E-state index contributed by atoms with van der Waals surface area (Å²) < 4.78 is 52.0. The van der Waals surface area contributed by atoms with E-state index in [9.17, 15) is 18.0 Å². The highest BCUT2D eigenvalue weighted by atomic mass is 19.4. The van der Waals surface area contributed by atoms with Gasteiger partial charge in [0.1, 0.15) is 29.9 Å². The van der Waals surface area contributed by atoms with Crippen molar-refractivity contribution in [2.45, 2.75) is 25.1 Å². The number of ether oxygens (including phenoxy) is 1. The minimum absolute atomic E-state index is 0.0807. The molecule has 4 rings (SSSR count). The van der Waals surface area contributed by atoms with E-state index < -0.39 is 12.8 Å². The zero-order chi connectivity index (χ0) is 23.3. The van der Waals surface area contributed by atoms with Crippen LogP contribution >= 0.6 is 0 Å². The molecule has 2 aromatic rings. The van der Waals surface area contributed by atoms with Gasteiger partial charge in [-0.1, -0.05) is 0 Å². The quantitative estimate of drug-likeness (QED) is 0.527. The molecule has 33 heavy (non-hydrogen) atoms. The van der Waals surface area contributed by atoms with Crippen molar-refractivity contribution in [2.24, 2.45) is 5.10 Å². The maximum absolute atomic E-state index is 13.1. The molecular formula is C22H27F3N4O4. The summed E-state index contributed by atoms with van der Waals surface area (Å²) in [4.78, 5) is 17.4. The van der Waals surface area contributed by atoms with Gasteiger partial charge >= 0.3 is 6.18 Å². The van der Waals surface area contributed by atoms with Crippen LogP contribution in [0, 0.1) is 0 Å². The molecule has 0 saturated carbocycles. The van der Waals surface area contributed by atoms with E-state index in [1.165, 1.54) is 5.01 Å². The molecule has 1 fully saturated rings. The topological polar surface area (TPSA) is 74.7 Å². The number of nitrogens with zero attached hydrogens (tertiary/aromatic N) is 4. The van der Waals surface area contributed by atoms with Crippen molar-refractivity contribution in [2.75, 3.05) is 52.5 Å². The minimum atomic E-state index is -4.29. The Kier molecular flexibility index (Phi) is 7.51. The van der Waals surface area contributed by atoms with E-state index in [1.54, 1.807) is 24.7 Å². The molecule has 0 spiro atoms. The van der Waals surface area contributed by atoms with Gasteiger partial charge in [0, 0.05) is 45.8 Å². The molecule has 0 N–H and O–H groups in total. The molecule has 2 aromatic heterocycles. The van der Waals surface area contributed by atoms with Gasteiger partial charge < -0.3 is 18.5 Å². The fourth-order valence-corrected chi connectivity index (χ4v) is 4.05. The number of carbonyl (C=O) groups is 1. The molecule has 2 aliphatic heterocycles. The van der Waals surface area contributed by atoms with E-state index in [0.29, 0.717) is 49.7 Å². The van der Waals surface area contributed by atoms with Crippen molar-refractivity contribution >= 4 is 11.6 Å². The molecule has 1 saturated heterocycles. The second-order valence-electron chi connectivity index (χ2n) is 8.14. The first-order chi connectivity index (χ1) is 15.9. The minimum Gasteiger partial charge on any atom is -0.467 e. The molecule has 0 bridgehead atoms. The van der Waals surface area contributed by atoms with Gasteiger partial charge in [-0.2, -0.15) is 18.3 Å². The number of hydrogen-bond donors (Lipinski definition) is 0. The Morgan fingerprint density at radius 1 is 1.09 bits per heavy atom. The van der Waals surface area contributed by atoms with Crippen molar-refractivity contribution < 1.29 is 31.5 Å². The van der Waals surface area contributed by atoms with E-state index in [2.05, 4.69) is 19.6 Å². The summed E-state index contributed by atoms with van der Waals surface area (Å²) in [6.07, 6.45) is -0.0799. The Morgan fingerprint density at radius 3 is 2.48 bits per heavy atom. The van der Waals surface area contributed by atoms with E-state index >= 15 is 0 Å². The van der Waals surface area contributed by atoms with Crippen LogP contribution in [0.2, 0.25) is 0 Å². The molecule has 11 heteroatoms. The van der Waals surface area contributed by atoms with Crippen LogP contribution in [0.1, 0.15) is 30.4 Å². The average Bonchev–Trinajstić information content (AvgIpc) is 3.54. The largest absolute Gasteiger partial charge is 0.467 e. The molecule has 4 heterocycles. The molecule has 1 atom stereocenters. The molecule has 0 radical (unpaired) electrons. The Bertz CT molecular complexity index is 907. The Balaban J connectivity index is 1.25. The summed E-state index contributed by atoms with van der Waals surface area (Å²) in [6.45, 7) is 2.66. The highest BCUT2D eigenvalue weighted by molar-refractivity contribution is 6.01. The maximum atomic E-state index is 13.1. The van der Waals surface area contributed by atoms with E-state index in [-0.39, 0.29) is 25.1 Å². The lowest BCUT2D eigenvalue weighted by Crippen LogP contribution is -2.49. The van der Waals surface area contributed by atoms with Crippen LogP contribution in [0.15, 0.2) is 50.7 Å². The summed E-state index contributed by atoms with van der Waals surface area (Å²) in [5.74, 6) is 1.19. The summed E-state index contributed by atoms with van der Waals surface area (Å²) >= 11 is 0. The first kappa shape index (κ1) is 23.5. The second kappa shape index (κ2) is 10.5. The van der Waals surface area contributed by atoms with Crippen molar-refractivity contribution in [1.82, 2.24) is 14.8 Å². The summed E-state index contributed by atoms with van der Waals surface area (Å²) in [5, 5.41) is 6.03. The monoisotopic (exact) mass is 468 g/mol. The van der Waals surface area contributed by atoms with Gasteiger partial charge in [-0.05, 0) is 30.7 Å². The average molecular weight is 468 g/mol. The van der Waals surface area contributed by atoms with Crippen LogP contribution in [0.25, 0.3) is 0 Å². The van der Waals surface area contributed by atoms with Crippen LogP contribution in [0.4, 0.5) is 13.2 Å². The fourth-order valence-electron chi connectivity index (χ4n) is 4.05. The second-order valence-corrected chi connectivity index (χ2v) is 8.14. The van der Waals surface area contributed by atoms with Crippen molar-refractivity contribution in [3.63, 3.8) is 0 Å². The Morgan fingerprint density at radius 2 is 1.82 bits per heavy atom. The van der Waals surface area contributed by atoms with Crippen LogP contribution in [0.3, 0.4) is 0 Å². The van der Waals surface area contributed by atoms with E-state index in [4.69, 9.17) is 8.83 Å². The number of rotatable bonds is 9. The van der Waals surface area contributed by atoms with Gasteiger partial charge in [-0.3, -0.25) is 9.69 Å². The van der Waals surface area contributed by atoms with Crippen LogP contribution in [0.5, 0.6) is 0 Å². The van der Waals surface area contributed by atoms with Gasteiger partial charge in [-0.15, -0.1) is 0 Å². The normalized spacial score (nSPS) is 20.4. The number of carbonyl (C=O) groups excluding carboxylic acids is 1. The van der Waals surface area contributed by atoms with E-state index in [0.717, 1.165) is 13.1 Å². The Hall–Kier alpha value is -2.63. The predicted octanol–water partition coefficient (Wildman–Crippen LogP) is 3.14.